The van der Waals surface area contributed by atoms with Gasteiger partial charge in [0.25, 0.3) is 0 Å². The molecule has 1 saturated carbocycles. The summed E-state index contributed by atoms with van der Waals surface area (Å²) in [5.74, 6) is 0.650. The Hall–Kier alpha value is -1.74. The molecule has 0 atom stereocenters. The van der Waals surface area contributed by atoms with Crippen LogP contribution in [0.15, 0.2) is 43.1 Å². The second-order valence-electron chi connectivity index (χ2n) is 5.15. The summed E-state index contributed by atoms with van der Waals surface area (Å²) < 4.78 is 10.6. The lowest BCUT2D eigenvalue weighted by atomic mass is 9.77. The van der Waals surface area contributed by atoms with Crippen LogP contribution in [0.4, 0.5) is 0 Å². The van der Waals surface area contributed by atoms with Crippen molar-refractivity contribution in [3.8, 4) is 0 Å². The number of aliphatic hydroxyl groups is 1. The first-order valence-corrected chi connectivity index (χ1v) is 6.79. The van der Waals surface area contributed by atoms with Crippen molar-refractivity contribution in [1.82, 2.24) is 0 Å². The third-order valence-electron chi connectivity index (χ3n) is 3.88. The Morgan fingerprint density at radius 1 is 1.00 bits per heavy atom. The largest absolute Gasteiger partial charge is 0.465 e. The van der Waals surface area contributed by atoms with Crippen molar-refractivity contribution in [3.05, 3.63) is 54.2 Å². The highest BCUT2D eigenvalue weighted by Gasteiger charge is 2.33. The van der Waals surface area contributed by atoms with Crippen molar-refractivity contribution in [3.63, 3.8) is 0 Å². The lowest BCUT2D eigenvalue weighted by Crippen LogP contribution is -2.29. The highest BCUT2D eigenvalue weighted by atomic mass is 16.5. The van der Waals surface area contributed by atoms with E-state index in [1.165, 1.54) is 18.9 Å². The standard InChI is InChI=1S/C16H18O3/c17-16(8-4-1-5-9-16)14-7-3-2-6-13(14)15-12-18-10-11-19-15/h2-3,6-7,10-12,17H,1,4-5,8-9H2. The van der Waals surface area contributed by atoms with Gasteiger partial charge in [-0.05, 0) is 18.4 Å². The molecule has 3 heteroatoms. The topological polar surface area (TPSA) is 38.7 Å². The second kappa shape index (κ2) is 5.10. The van der Waals surface area contributed by atoms with E-state index < -0.39 is 5.60 Å². The minimum Gasteiger partial charge on any atom is -0.465 e. The third-order valence-corrected chi connectivity index (χ3v) is 3.88. The van der Waals surface area contributed by atoms with Crippen LogP contribution in [0.25, 0.3) is 5.76 Å². The van der Waals surface area contributed by atoms with Crippen molar-refractivity contribution in [2.45, 2.75) is 37.7 Å². The molecule has 0 spiro atoms. The number of hydrogen-bond donors (Lipinski definition) is 1. The predicted molar refractivity (Wildman–Crippen MR) is 72.7 cm³/mol. The van der Waals surface area contributed by atoms with Gasteiger partial charge in [0.2, 0.25) is 0 Å². The van der Waals surface area contributed by atoms with Crippen LogP contribution in [0.1, 0.15) is 43.2 Å². The van der Waals surface area contributed by atoms with E-state index in [-0.39, 0.29) is 0 Å². The first kappa shape index (κ1) is 12.3. The zero-order valence-corrected chi connectivity index (χ0v) is 10.8. The molecular formula is C16H18O3. The van der Waals surface area contributed by atoms with E-state index in [1.807, 2.05) is 24.3 Å². The molecule has 0 amide bonds. The Labute approximate surface area is 113 Å². The summed E-state index contributed by atoms with van der Waals surface area (Å²) in [5.41, 5.74) is 1.12. The summed E-state index contributed by atoms with van der Waals surface area (Å²) in [4.78, 5) is 0. The van der Waals surface area contributed by atoms with Gasteiger partial charge in [0.05, 0.1) is 5.60 Å². The Morgan fingerprint density at radius 3 is 2.53 bits per heavy atom. The molecule has 1 heterocycles. The Bertz CT molecular complexity index is 510. The molecule has 0 saturated heterocycles. The molecule has 1 N–H and O–H groups in total. The van der Waals surface area contributed by atoms with Crippen molar-refractivity contribution in [2.75, 3.05) is 0 Å². The van der Waals surface area contributed by atoms with Gasteiger partial charge < -0.3 is 14.6 Å². The van der Waals surface area contributed by atoms with E-state index in [2.05, 4.69) is 0 Å². The van der Waals surface area contributed by atoms with Gasteiger partial charge >= 0.3 is 0 Å². The molecule has 1 aliphatic heterocycles. The summed E-state index contributed by atoms with van der Waals surface area (Å²) in [5, 5.41) is 10.9. The van der Waals surface area contributed by atoms with Gasteiger partial charge in [0, 0.05) is 5.56 Å². The predicted octanol–water partition coefficient (Wildman–Crippen LogP) is 3.65. The number of hydrogen-bond acceptors (Lipinski definition) is 3. The molecule has 0 unspecified atom stereocenters. The molecule has 0 aromatic heterocycles. The number of ether oxygens (including phenoxy) is 2. The van der Waals surface area contributed by atoms with Crippen molar-refractivity contribution in [1.29, 1.82) is 0 Å². The summed E-state index contributed by atoms with van der Waals surface area (Å²) in [6, 6.07) is 7.87. The average molecular weight is 258 g/mol. The molecule has 3 rings (SSSR count). The molecule has 1 aromatic rings. The van der Waals surface area contributed by atoms with E-state index in [1.54, 1.807) is 6.26 Å². The zero-order chi connectivity index (χ0) is 13.1. The van der Waals surface area contributed by atoms with E-state index in [0.29, 0.717) is 5.76 Å². The summed E-state index contributed by atoms with van der Waals surface area (Å²) in [6.45, 7) is 0. The summed E-state index contributed by atoms with van der Waals surface area (Å²) >= 11 is 0. The third kappa shape index (κ3) is 2.38. The highest BCUT2D eigenvalue weighted by Crippen LogP contribution is 2.40. The molecule has 19 heavy (non-hydrogen) atoms. The van der Waals surface area contributed by atoms with Crippen LogP contribution in [0.2, 0.25) is 0 Å². The van der Waals surface area contributed by atoms with Crippen molar-refractivity contribution in [2.24, 2.45) is 0 Å². The maximum atomic E-state index is 10.9. The number of benzene rings is 1. The van der Waals surface area contributed by atoms with Crippen LogP contribution < -0.4 is 0 Å². The summed E-state index contributed by atoms with van der Waals surface area (Å²) in [7, 11) is 0. The maximum absolute atomic E-state index is 10.9. The lowest BCUT2D eigenvalue weighted by Gasteiger charge is -2.34. The fourth-order valence-electron chi connectivity index (χ4n) is 2.90. The van der Waals surface area contributed by atoms with Crippen molar-refractivity contribution >= 4 is 5.76 Å². The van der Waals surface area contributed by atoms with Gasteiger partial charge in [-0.3, -0.25) is 0 Å². The fraction of sp³-hybridized carbons (Fsp3) is 0.375. The fourth-order valence-corrected chi connectivity index (χ4v) is 2.90. The van der Waals surface area contributed by atoms with E-state index in [0.717, 1.165) is 36.8 Å². The van der Waals surface area contributed by atoms with Crippen LogP contribution in [0.3, 0.4) is 0 Å². The minimum absolute atomic E-state index is 0.650. The highest BCUT2D eigenvalue weighted by molar-refractivity contribution is 5.64. The first-order chi connectivity index (χ1) is 9.30. The van der Waals surface area contributed by atoms with E-state index >= 15 is 0 Å². The van der Waals surface area contributed by atoms with Gasteiger partial charge in [-0.15, -0.1) is 0 Å². The van der Waals surface area contributed by atoms with Crippen LogP contribution in [-0.4, -0.2) is 5.11 Å². The molecular weight excluding hydrogens is 240 g/mol. The molecule has 3 nitrogen and oxygen atoms in total. The Morgan fingerprint density at radius 2 is 1.79 bits per heavy atom. The van der Waals surface area contributed by atoms with Gasteiger partial charge in [-0.25, -0.2) is 0 Å². The van der Waals surface area contributed by atoms with Crippen LogP contribution in [-0.2, 0) is 15.1 Å². The monoisotopic (exact) mass is 258 g/mol. The Kier molecular flexibility index (Phi) is 3.30. The zero-order valence-electron chi connectivity index (χ0n) is 10.8. The van der Waals surface area contributed by atoms with Gasteiger partial charge in [0.1, 0.15) is 18.8 Å². The minimum atomic E-state index is -0.736. The molecule has 2 aliphatic rings. The van der Waals surface area contributed by atoms with E-state index in [4.69, 9.17) is 9.47 Å². The maximum Gasteiger partial charge on any atom is 0.169 e. The SMILES string of the molecule is OC1(c2ccccc2C2=COC=CO2)CCCCC1. The molecule has 1 aromatic carbocycles. The van der Waals surface area contributed by atoms with Gasteiger partial charge in [-0.2, -0.15) is 0 Å². The smallest absolute Gasteiger partial charge is 0.169 e. The molecule has 100 valence electrons. The normalized spacial score (nSPS) is 21.2. The lowest BCUT2D eigenvalue weighted by molar-refractivity contribution is -0.00109. The van der Waals surface area contributed by atoms with E-state index in [9.17, 15) is 5.11 Å². The van der Waals surface area contributed by atoms with Crippen LogP contribution in [0.5, 0.6) is 0 Å². The Balaban J connectivity index is 1.99. The molecule has 0 radical (unpaired) electrons. The van der Waals surface area contributed by atoms with Crippen LogP contribution >= 0.6 is 0 Å². The summed E-state index contributed by atoms with van der Waals surface area (Å²) in [6.07, 6.45) is 9.54. The van der Waals surface area contributed by atoms with Gasteiger partial charge in [0.15, 0.2) is 5.76 Å². The molecule has 1 aliphatic carbocycles. The average Bonchev–Trinajstić information content (AvgIpc) is 2.49. The van der Waals surface area contributed by atoms with Crippen LogP contribution in [0, 0.1) is 0 Å². The van der Waals surface area contributed by atoms with Gasteiger partial charge in [-0.1, -0.05) is 43.5 Å². The number of rotatable bonds is 2. The molecule has 0 bridgehead atoms. The van der Waals surface area contributed by atoms with Crippen molar-refractivity contribution < 1.29 is 14.6 Å². The second-order valence-corrected chi connectivity index (χ2v) is 5.15. The molecule has 1 fully saturated rings. The quantitative estimate of drug-likeness (QED) is 0.880. The first-order valence-electron chi connectivity index (χ1n) is 6.79.